The van der Waals surface area contributed by atoms with Crippen molar-refractivity contribution in [3.63, 3.8) is 0 Å². The van der Waals surface area contributed by atoms with Crippen LogP contribution in [-0.4, -0.2) is 12.2 Å². The van der Waals surface area contributed by atoms with Crippen LogP contribution in [0, 0.1) is 39.9 Å². The van der Waals surface area contributed by atoms with E-state index in [-0.39, 0.29) is 11.0 Å². The van der Waals surface area contributed by atoms with E-state index < -0.39 is 0 Å². The highest BCUT2D eigenvalue weighted by atomic mass is 16.5. The molecule has 0 aromatic carbocycles. The van der Waals surface area contributed by atoms with Gasteiger partial charge in [-0.3, -0.25) is 0 Å². The molecule has 0 aromatic heterocycles. The predicted molar refractivity (Wildman–Crippen MR) is 77.9 cm³/mol. The van der Waals surface area contributed by atoms with E-state index in [1.54, 1.807) is 0 Å². The summed E-state index contributed by atoms with van der Waals surface area (Å²) in [6.07, 6.45) is 10.3. The van der Waals surface area contributed by atoms with Gasteiger partial charge in [-0.2, -0.15) is 5.26 Å². The van der Waals surface area contributed by atoms with Gasteiger partial charge in [-0.1, -0.05) is 0 Å². The molecule has 4 bridgehead atoms. The third-order valence-electron chi connectivity index (χ3n) is 7.02. The van der Waals surface area contributed by atoms with E-state index >= 15 is 0 Å². The highest BCUT2D eigenvalue weighted by Crippen LogP contribution is 2.68. The summed E-state index contributed by atoms with van der Waals surface area (Å²) in [4.78, 5) is 0. The fraction of sp³-hybridized carbons (Fsp3) is 0.944. The van der Waals surface area contributed by atoms with Crippen molar-refractivity contribution >= 4 is 0 Å². The smallest absolute Gasteiger partial charge is 0.0697 e. The Bertz CT molecular complexity index is 425. The van der Waals surface area contributed by atoms with Crippen LogP contribution in [0.15, 0.2) is 0 Å². The SMILES string of the molecule is CC1(C)CC(C#N)(C23CC4CC(CC(C4)C2)C3)CCO1. The monoisotopic (exact) mass is 273 g/mol. The van der Waals surface area contributed by atoms with Crippen LogP contribution in [0.1, 0.15) is 65.2 Å². The highest BCUT2D eigenvalue weighted by Gasteiger charge is 2.62. The Morgan fingerprint density at radius 1 is 1.00 bits per heavy atom. The second kappa shape index (κ2) is 4.01. The summed E-state index contributed by atoms with van der Waals surface area (Å²) in [5.41, 5.74) is 0.111. The lowest BCUT2D eigenvalue weighted by atomic mass is 9.41. The topological polar surface area (TPSA) is 33.0 Å². The summed E-state index contributed by atoms with van der Waals surface area (Å²) >= 11 is 0. The van der Waals surface area contributed by atoms with Crippen LogP contribution in [0.5, 0.6) is 0 Å². The lowest BCUT2D eigenvalue weighted by molar-refractivity contribution is -0.176. The lowest BCUT2D eigenvalue weighted by Crippen LogP contribution is -2.58. The minimum atomic E-state index is -0.114. The zero-order valence-corrected chi connectivity index (χ0v) is 13.0. The molecule has 0 aromatic rings. The largest absolute Gasteiger partial charge is 0.375 e. The number of rotatable bonds is 1. The molecular formula is C18H27NO. The maximum atomic E-state index is 10.1. The fourth-order valence-electron chi connectivity index (χ4n) is 6.73. The number of nitrogens with zero attached hydrogens (tertiary/aromatic N) is 1. The van der Waals surface area contributed by atoms with Gasteiger partial charge >= 0.3 is 0 Å². The standard InChI is InChI=1S/C18H27NO/c1-16(2)11-17(12-19,3-4-20-16)18-8-13-5-14(9-18)7-15(6-13)10-18/h13-15H,3-11H2,1-2H3. The normalized spacial score (nSPS) is 52.8. The van der Waals surface area contributed by atoms with Crippen LogP contribution < -0.4 is 0 Å². The summed E-state index contributed by atoms with van der Waals surface area (Å²) in [7, 11) is 0. The van der Waals surface area contributed by atoms with E-state index in [0.717, 1.165) is 37.2 Å². The Kier molecular flexibility index (Phi) is 2.63. The van der Waals surface area contributed by atoms with Crippen molar-refractivity contribution in [3.8, 4) is 6.07 Å². The molecule has 5 rings (SSSR count). The Morgan fingerprint density at radius 2 is 1.55 bits per heavy atom. The van der Waals surface area contributed by atoms with Crippen molar-refractivity contribution < 1.29 is 4.74 Å². The molecule has 0 radical (unpaired) electrons. The second-order valence-corrected chi connectivity index (χ2v) is 8.93. The first-order valence-corrected chi connectivity index (χ1v) is 8.51. The second-order valence-electron chi connectivity index (χ2n) is 8.93. The molecular weight excluding hydrogens is 246 g/mol. The van der Waals surface area contributed by atoms with Crippen LogP contribution in [0.2, 0.25) is 0 Å². The quantitative estimate of drug-likeness (QED) is 0.713. The van der Waals surface area contributed by atoms with E-state index in [4.69, 9.17) is 4.74 Å². The van der Waals surface area contributed by atoms with Gasteiger partial charge in [-0.15, -0.1) is 0 Å². The van der Waals surface area contributed by atoms with Crippen LogP contribution in [0.3, 0.4) is 0 Å². The first kappa shape index (κ1) is 13.1. The zero-order chi connectivity index (χ0) is 14.0. The number of hydrogen-bond donors (Lipinski definition) is 0. The molecule has 1 saturated heterocycles. The molecule has 0 spiro atoms. The zero-order valence-electron chi connectivity index (χ0n) is 13.0. The fourth-order valence-corrected chi connectivity index (χ4v) is 6.73. The number of ether oxygens (including phenoxy) is 1. The Balaban J connectivity index is 1.72. The maximum Gasteiger partial charge on any atom is 0.0697 e. The molecule has 4 saturated carbocycles. The van der Waals surface area contributed by atoms with Gasteiger partial charge in [-0.25, -0.2) is 0 Å². The van der Waals surface area contributed by atoms with Gasteiger partial charge in [0, 0.05) is 6.61 Å². The molecule has 5 aliphatic rings. The van der Waals surface area contributed by atoms with Gasteiger partial charge in [0.05, 0.1) is 17.1 Å². The van der Waals surface area contributed by atoms with Crippen molar-refractivity contribution in [2.75, 3.05) is 6.61 Å². The van der Waals surface area contributed by atoms with E-state index in [9.17, 15) is 5.26 Å². The van der Waals surface area contributed by atoms with Gasteiger partial charge in [0.25, 0.3) is 0 Å². The number of nitriles is 1. The molecule has 1 heterocycles. The predicted octanol–water partition coefficient (Wildman–Crippen LogP) is 4.30. The summed E-state index contributed by atoms with van der Waals surface area (Å²) in [5.74, 6) is 2.78. The van der Waals surface area contributed by atoms with Crippen molar-refractivity contribution in [2.45, 2.75) is 70.8 Å². The summed E-state index contributed by atoms with van der Waals surface area (Å²) < 4.78 is 5.93. The molecule has 0 amide bonds. The molecule has 0 N–H and O–H groups in total. The van der Waals surface area contributed by atoms with Crippen LogP contribution in [0.25, 0.3) is 0 Å². The van der Waals surface area contributed by atoms with Crippen LogP contribution in [0.4, 0.5) is 0 Å². The molecule has 20 heavy (non-hydrogen) atoms. The van der Waals surface area contributed by atoms with Gasteiger partial charge in [0.2, 0.25) is 0 Å². The van der Waals surface area contributed by atoms with Crippen molar-refractivity contribution in [2.24, 2.45) is 28.6 Å². The van der Waals surface area contributed by atoms with Crippen LogP contribution >= 0.6 is 0 Å². The van der Waals surface area contributed by atoms with Crippen LogP contribution in [-0.2, 0) is 4.74 Å². The van der Waals surface area contributed by atoms with Gasteiger partial charge in [0.15, 0.2) is 0 Å². The molecule has 2 nitrogen and oxygen atoms in total. The average molecular weight is 273 g/mol. The van der Waals surface area contributed by atoms with E-state index in [1.165, 1.54) is 38.5 Å². The molecule has 2 heteroatoms. The first-order chi connectivity index (χ1) is 9.46. The third-order valence-corrected chi connectivity index (χ3v) is 7.02. The summed E-state index contributed by atoms with van der Waals surface area (Å²) in [6, 6.07) is 2.85. The van der Waals surface area contributed by atoms with Crippen molar-refractivity contribution in [1.29, 1.82) is 5.26 Å². The Morgan fingerprint density at radius 3 is 2.00 bits per heavy atom. The van der Waals surface area contributed by atoms with E-state index in [2.05, 4.69) is 19.9 Å². The molecule has 110 valence electrons. The van der Waals surface area contributed by atoms with E-state index in [1.807, 2.05) is 0 Å². The van der Waals surface area contributed by atoms with Crippen molar-refractivity contribution in [3.05, 3.63) is 0 Å². The third kappa shape index (κ3) is 1.72. The highest BCUT2D eigenvalue weighted by molar-refractivity contribution is 5.18. The maximum absolute atomic E-state index is 10.1. The molecule has 1 unspecified atom stereocenters. The minimum absolute atomic E-state index is 0.106. The Hall–Kier alpha value is -0.550. The molecule has 4 aliphatic carbocycles. The van der Waals surface area contributed by atoms with Gasteiger partial charge in [-0.05, 0) is 88.4 Å². The Labute approximate surface area is 122 Å². The van der Waals surface area contributed by atoms with Gasteiger partial charge < -0.3 is 4.74 Å². The van der Waals surface area contributed by atoms with Gasteiger partial charge in [0.1, 0.15) is 0 Å². The minimum Gasteiger partial charge on any atom is -0.375 e. The summed E-state index contributed by atoms with van der Waals surface area (Å²) in [6.45, 7) is 5.14. The van der Waals surface area contributed by atoms with Crippen molar-refractivity contribution in [1.82, 2.24) is 0 Å². The first-order valence-electron chi connectivity index (χ1n) is 8.51. The average Bonchev–Trinajstić information content (AvgIpc) is 2.35. The summed E-state index contributed by atoms with van der Waals surface area (Å²) in [5, 5.41) is 10.1. The van der Waals surface area contributed by atoms with E-state index in [0.29, 0.717) is 5.41 Å². The number of hydrogen-bond acceptors (Lipinski definition) is 2. The molecule has 1 atom stereocenters. The molecule has 5 fully saturated rings. The lowest BCUT2D eigenvalue weighted by Gasteiger charge is -2.63. The molecule has 1 aliphatic heterocycles.